The van der Waals surface area contributed by atoms with E-state index in [0.717, 1.165) is 12.8 Å². The van der Waals surface area contributed by atoms with Crippen molar-refractivity contribution in [2.24, 2.45) is 17.8 Å². The molecule has 3 heterocycles. The second-order valence-electron chi connectivity index (χ2n) is 9.66. The second-order valence-corrected chi connectivity index (χ2v) is 12.4. The monoisotopic (exact) mass is 530 g/mol. The Hall–Kier alpha value is -1.06. The Morgan fingerprint density at radius 2 is 2.06 bits per heavy atom. The molecule has 0 aromatic carbocycles. The number of nitrogens with zero attached hydrogens (tertiary/aromatic N) is 2. The molecule has 2 N–H and O–H groups in total. The largest absolute Gasteiger partial charge is 0.481 e. The number of carboxylic acids is 1. The smallest absolute Gasteiger partial charge is 0.308 e. The summed E-state index contributed by atoms with van der Waals surface area (Å²) in [5.41, 5.74) is 0. The van der Waals surface area contributed by atoms with Gasteiger partial charge >= 0.3 is 5.97 Å². The highest BCUT2D eigenvalue weighted by atomic mass is 79.9. The van der Waals surface area contributed by atoms with Gasteiger partial charge in [-0.25, -0.2) is 0 Å². The third-order valence-electron chi connectivity index (χ3n) is 7.41. The lowest BCUT2D eigenvalue weighted by Crippen LogP contribution is -2.59. The number of thioether (sulfide) groups is 1. The molecule has 2 bridgehead atoms. The first-order chi connectivity index (χ1) is 15.1. The van der Waals surface area contributed by atoms with Crippen molar-refractivity contribution >= 4 is 45.5 Å². The van der Waals surface area contributed by atoms with Crippen molar-refractivity contribution in [3.63, 3.8) is 0 Å². The molecule has 0 aromatic heterocycles. The molecule has 3 saturated heterocycles. The van der Waals surface area contributed by atoms with E-state index in [1.807, 2.05) is 20.8 Å². The normalized spacial score (nSPS) is 35.2. The Kier molecular flexibility index (Phi) is 7.72. The molecule has 9 heteroatoms. The number of aliphatic hydroxyl groups excluding tert-OH is 1. The molecule has 2 amide bonds. The maximum absolute atomic E-state index is 14.2. The van der Waals surface area contributed by atoms with Gasteiger partial charge in [-0.15, -0.1) is 18.3 Å². The molecule has 32 heavy (non-hydrogen) atoms. The lowest BCUT2D eigenvalue weighted by molar-refractivity contribution is -0.150. The van der Waals surface area contributed by atoms with Crippen LogP contribution in [-0.2, 0) is 14.4 Å². The number of carboxylic acid groups (broad SMARTS) is 1. The number of halogens is 1. The molecule has 1 spiro atoms. The molecule has 3 rings (SSSR count). The van der Waals surface area contributed by atoms with E-state index in [1.165, 1.54) is 11.8 Å². The van der Waals surface area contributed by atoms with E-state index in [0.29, 0.717) is 13.0 Å². The molecular formula is C23H35BrN2O5S. The van der Waals surface area contributed by atoms with Crippen LogP contribution in [0.5, 0.6) is 0 Å². The summed E-state index contributed by atoms with van der Waals surface area (Å²) in [5, 5.41) is 20.0. The predicted molar refractivity (Wildman–Crippen MR) is 129 cm³/mol. The van der Waals surface area contributed by atoms with Crippen LogP contribution in [0.3, 0.4) is 0 Å². The van der Waals surface area contributed by atoms with Gasteiger partial charge in [-0.2, -0.15) is 0 Å². The molecule has 0 radical (unpaired) electrons. The first kappa shape index (κ1) is 25.6. The summed E-state index contributed by atoms with van der Waals surface area (Å²) in [6.45, 7) is 11.8. The average molecular weight is 532 g/mol. The van der Waals surface area contributed by atoms with Gasteiger partial charge in [0.05, 0.1) is 29.2 Å². The third-order valence-corrected chi connectivity index (χ3v) is 10.6. The van der Waals surface area contributed by atoms with Crippen LogP contribution in [0.4, 0.5) is 0 Å². The topological polar surface area (TPSA) is 98.2 Å². The number of carbonyl (C=O) groups is 3. The maximum atomic E-state index is 14.2. The number of hydrogen-bond donors (Lipinski definition) is 2. The molecule has 7 nitrogen and oxygen atoms in total. The summed E-state index contributed by atoms with van der Waals surface area (Å²) >= 11 is 5.15. The summed E-state index contributed by atoms with van der Waals surface area (Å²) in [6.07, 6.45) is 3.98. The summed E-state index contributed by atoms with van der Waals surface area (Å²) in [5.74, 6) is -3.16. The fourth-order valence-corrected chi connectivity index (χ4v) is 9.55. The minimum absolute atomic E-state index is 0.0387. The summed E-state index contributed by atoms with van der Waals surface area (Å²) in [4.78, 5) is 43.5. The van der Waals surface area contributed by atoms with Gasteiger partial charge in [0.15, 0.2) is 0 Å². The van der Waals surface area contributed by atoms with E-state index in [1.54, 1.807) is 15.9 Å². The first-order valence-electron chi connectivity index (χ1n) is 11.5. The number of fused-ring (bicyclic) bond motifs is 1. The van der Waals surface area contributed by atoms with Crippen molar-refractivity contribution in [2.75, 3.05) is 13.2 Å². The number of rotatable bonds is 10. The first-order valence-corrected chi connectivity index (χ1v) is 13.3. The molecule has 8 atom stereocenters. The van der Waals surface area contributed by atoms with Crippen molar-refractivity contribution in [3.8, 4) is 0 Å². The highest BCUT2D eigenvalue weighted by Gasteiger charge is 2.76. The minimum atomic E-state index is -0.993. The quantitative estimate of drug-likeness (QED) is 0.333. The summed E-state index contributed by atoms with van der Waals surface area (Å²) < 4.78 is -0.816. The fraction of sp³-hybridized carbons (Fsp3) is 0.783. The van der Waals surface area contributed by atoms with E-state index in [4.69, 9.17) is 0 Å². The molecule has 0 saturated carbocycles. The van der Waals surface area contributed by atoms with E-state index in [-0.39, 0.29) is 40.5 Å². The molecule has 3 fully saturated rings. The average Bonchev–Trinajstić information content (AvgIpc) is 3.30. The van der Waals surface area contributed by atoms with E-state index < -0.39 is 34.6 Å². The molecule has 4 unspecified atom stereocenters. The zero-order valence-corrected chi connectivity index (χ0v) is 21.6. The van der Waals surface area contributed by atoms with Gasteiger partial charge in [-0.1, -0.05) is 49.2 Å². The Balaban J connectivity index is 2.14. The second kappa shape index (κ2) is 9.66. The van der Waals surface area contributed by atoms with Crippen molar-refractivity contribution in [2.45, 2.75) is 79.9 Å². The summed E-state index contributed by atoms with van der Waals surface area (Å²) in [7, 11) is 0. The molecule has 0 aromatic rings. The van der Waals surface area contributed by atoms with Crippen LogP contribution in [0.1, 0.15) is 47.0 Å². The number of aliphatic carboxylic acids is 1. The summed E-state index contributed by atoms with van der Waals surface area (Å²) in [6, 6.07) is -1.40. The van der Waals surface area contributed by atoms with Gasteiger partial charge in [0.25, 0.3) is 0 Å². The van der Waals surface area contributed by atoms with Crippen molar-refractivity contribution in [3.05, 3.63) is 12.7 Å². The van der Waals surface area contributed by atoms with Crippen LogP contribution in [0.25, 0.3) is 0 Å². The van der Waals surface area contributed by atoms with Gasteiger partial charge < -0.3 is 20.0 Å². The lowest BCUT2D eigenvalue weighted by Gasteiger charge is -2.42. The lowest BCUT2D eigenvalue weighted by atomic mass is 9.71. The van der Waals surface area contributed by atoms with Crippen molar-refractivity contribution in [1.29, 1.82) is 0 Å². The Labute approximate surface area is 203 Å². The fourth-order valence-electron chi connectivity index (χ4n) is 5.96. The van der Waals surface area contributed by atoms with Crippen LogP contribution in [-0.4, -0.2) is 83.9 Å². The van der Waals surface area contributed by atoms with Gasteiger partial charge in [0, 0.05) is 22.7 Å². The zero-order valence-electron chi connectivity index (χ0n) is 19.2. The Morgan fingerprint density at radius 3 is 2.56 bits per heavy atom. The van der Waals surface area contributed by atoms with E-state index >= 15 is 0 Å². The van der Waals surface area contributed by atoms with E-state index in [9.17, 15) is 24.6 Å². The van der Waals surface area contributed by atoms with Gasteiger partial charge in [0.2, 0.25) is 11.8 Å². The molecule has 3 aliphatic heterocycles. The molecular weight excluding hydrogens is 496 g/mol. The SMILES string of the molecule is C=CCN(C(=O)C1N([C@@H](CO)C(C)C)C(=O)[C@@H]2[C@@H](C(=O)O)[C@@H]3SC12CC3Br)C(C)CCC. The van der Waals surface area contributed by atoms with Crippen LogP contribution in [0, 0.1) is 17.8 Å². The van der Waals surface area contributed by atoms with Crippen LogP contribution in [0.15, 0.2) is 12.7 Å². The van der Waals surface area contributed by atoms with Crippen LogP contribution < -0.4 is 0 Å². The number of alkyl halides is 1. The van der Waals surface area contributed by atoms with Crippen LogP contribution in [0.2, 0.25) is 0 Å². The molecule has 180 valence electrons. The third kappa shape index (κ3) is 3.82. The minimum Gasteiger partial charge on any atom is -0.481 e. The number of carbonyl (C=O) groups excluding carboxylic acids is 2. The number of likely N-dealkylation sites (tertiary alicyclic amines) is 1. The van der Waals surface area contributed by atoms with Gasteiger partial charge in [-0.3, -0.25) is 14.4 Å². The number of aliphatic hydroxyl groups is 1. The Bertz CT molecular complexity index is 779. The van der Waals surface area contributed by atoms with E-state index in [2.05, 4.69) is 29.4 Å². The van der Waals surface area contributed by atoms with Crippen LogP contribution >= 0.6 is 27.7 Å². The highest BCUT2D eigenvalue weighted by Crippen LogP contribution is 2.68. The standard InChI is InChI=1S/C23H35BrN2O5S/c1-6-8-13(5)25(9-7-2)21(29)19-23-10-14(24)18(32-23)16(22(30)31)17(23)20(28)26(19)15(11-27)12(3)4/h7,12-19,27H,2,6,8-11H2,1,3-5H3,(H,30,31)/t13?,14?,15-,16+,17-,18+,19?,23?/m0/s1. The molecule has 3 aliphatic rings. The van der Waals surface area contributed by atoms with Crippen molar-refractivity contribution < 1.29 is 24.6 Å². The van der Waals surface area contributed by atoms with Gasteiger partial charge in [-0.05, 0) is 25.7 Å². The Morgan fingerprint density at radius 1 is 1.41 bits per heavy atom. The maximum Gasteiger partial charge on any atom is 0.308 e. The number of amides is 2. The highest BCUT2D eigenvalue weighted by molar-refractivity contribution is 9.09. The predicted octanol–water partition coefficient (Wildman–Crippen LogP) is 2.76. The zero-order chi connectivity index (χ0) is 24.0. The van der Waals surface area contributed by atoms with Gasteiger partial charge in [0.1, 0.15) is 6.04 Å². The molecule has 0 aliphatic carbocycles. The number of hydrogen-bond acceptors (Lipinski definition) is 5. The van der Waals surface area contributed by atoms with Crippen molar-refractivity contribution in [1.82, 2.24) is 9.80 Å².